The van der Waals surface area contributed by atoms with Gasteiger partial charge >= 0.3 is 0 Å². The SMILES string of the molecule is COc1ccc([C@@H]2C3=C(N=c4s/c(=C/c5cccc(OC)c5O)c(=O)n42)c2ccccc2CC3)cc1. The van der Waals surface area contributed by atoms with E-state index >= 15 is 0 Å². The summed E-state index contributed by atoms with van der Waals surface area (Å²) in [7, 11) is 3.15. The van der Waals surface area contributed by atoms with Crippen LogP contribution in [0.2, 0.25) is 0 Å². The molecular formula is C29H24N2O4S. The van der Waals surface area contributed by atoms with Crippen LogP contribution in [0.4, 0.5) is 0 Å². The van der Waals surface area contributed by atoms with Crippen molar-refractivity contribution in [3.8, 4) is 17.2 Å². The van der Waals surface area contributed by atoms with Crippen LogP contribution in [-0.2, 0) is 6.42 Å². The lowest BCUT2D eigenvalue weighted by atomic mass is 9.83. The van der Waals surface area contributed by atoms with Gasteiger partial charge in [0, 0.05) is 11.1 Å². The molecule has 1 aromatic heterocycles. The summed E-state index contributed by atoms with van der Waals surface area (Å²) in [5.41, 5.74) is 5.89. The molecule has 0 unspecified atom stereocenters. The predicted octanol–water partition coefficient (Wildman–Crippen LogP) is 4.04. The number of fused-ring (bicyclic) bond motifs is 3. The average molecular weight is 497 g/mol. The zero-order chi connectivity index (χ0) is 24.8. The van der Waals surface area contributed by atoms with Crippen molar-refractivity contribution >= 4 is 23.1 Å². The van der Waals surface area contributed by atoms with Gasteiger partial charge in [0.15, 0.2) is 16.3 Å². The molecule has 0 radical (unpaired) electrons. The van der Waals surface area contributed by atoms with Gasteiger partial charge in [-0.05, 0) is 53.8 Å². The molecule has 36 heavy (non-hydrogen) atoms. The van der Waals surface area contributed by atoms with Crippen molar-refractivity contribution < 1.29 is 14.6 Å². The highest BCUT2D eigenvalue weighted by molar-refractivity contribution is 7.07. The van der Waals surface area contributed by atoms with Crippen LogP contribution in [-0.4, -0.2) is 23.9 Å². The van der Waals surface area contributed by atoms with Crippen molar-refractivity contribution in [2.75, 3.05) is 14.2 Å². The third-order valence-corrected chi connectivity index (χ3v) is 7.82. The predicted molar refractivity (Wildman–Crippen MR) is 140 cm³/mol. The number of aromatic nitrogens is 1. The number of hydrogen-bond acceptors (Lipinski definition) is 6. The van der Waals surface area contributed by atoms with Crippen LogP contribution in [0.25, 0.3) is 11.8 Å². The highest BCUT2D eigenvalue weighted by Gasteiger charge is 2.32. The van der Waals surface area contributed by atoms with Crippen molar-refractivity contribution in [1.29, 1.82) is 0 Å². The number of rotatable bonds is 4. The van der Waals surface area contributed by atoms with Crippen LogP contribution in [0.3, 0.4) is 0 Å². The van der Waals surface area contributed by atoms with Crippen LogP contribution in [0.5, 0.6) is 17.2 Å². The van der Waals surface area contributed by atoms with Gasteiger partial charge in [-0.1, -0.05) is 59.9 Å². The lowest BCUT2D eigenvalue weighted by Crippen LogP contribution is -2.38. The van der Waals surface area contributed by atoms with E-state index in [9.17, 15) is 9.90 Å². The third-order valence-electron chi connectivity index (χ3n) is 6.84. The Morgan fingerprint density at radius 2 is 1.81 bits per heavy atom. The molecule has 1 aliphatic carbocycles. The Labute approximate surface area is 211 Å². The number of nitrogens with zero attached hydrogens (tertiary/aromatic N) is 2. The zero-order valence-corrected chi connectivity index (χ0v) is 20.7. The van der Waals surface area contributed by atoms with Crippen molar-refractivity contribution in [1.82, 2.24) is 4.57 Å². The highest BCUT2D eigenvalue weighted by atomic mass is 32.1. The van der Waals surface area contributed by atoms with Gasteiger partial charge in [-0.3, -0.25) is 9.36 Å². The Bertz CT molecular complexity index is 1700. The van der Waals surface area contributed by atoms with Crippen molar-refractivity contribution in [2.24, 2.45) is 4.99 Å². The topological polar surface area (TPSA) is 73.1 Å². The minimum absolute atomic E-state index is 0.00534. The standard InChI is InChI=1S/C29H24N2O4S/c1-34-20-13-10-18(11-14-20)26-22-15-12-17-6-3-4-8-21(17)25(22)30-29-31(26)28(33)24(36-29)16-19-7-5-9-23(35-2)27(19)32/h3-11,13-14,16,26,32H,12,15H2,1-2H3/b24-16+/t26-/m1/s1. The number of thiazole rings is 1. The number of phenolic OH excluding ortho intramolecular Hbond substituents is 1. The number of para-hydroxylation sites is 1. The number of hydrogen-bond donors (Lipinski definition) is 1. The van der Waals surface area contributed by atoms with Crippen molar-refractivity contribution in [3.63, 3.8) is 0 Å². The van der Waals surface area contributed by atoms with Crippen LogP contribution in [0, 0.1) is 0 Å². The number of benzene rings is 3. The van der Waals surface area contributed by atoms with Gasteiger partial charge in [0.2, 0.25) is 0 Å². The van der Waals surface area contributed by atoms with Crippen molar-refractivity contribution in [2.45, 2.75) is 18.9 Å². The van der Waals surface area contributed by atoms with Gasteiger partial charge in [0.25, 0.3) is 5.56 Å². The van der Waals surface area contributed by atoms with Crippen LogP contribution in [0.1, 0.15) is 34.7 Å². The first kappa shape index (κ1) is 22.4. The first-order chi connectivity index (χ1) is 17.6. The minimum Gasteiger partial charge on any atom is -0.504 e. The molecule has 7 heteroatoms. The molecule has 3 aromatic carbocycles. The van der Waals surface area contributed by atoms with Crippen LogP contribution in [0.15, 0.2) is 82.1 Å². The molecule has 0 fully saturated rings. The zero-order valence-electron chi connectivity index (χ0n) is 19.9. The molecule has 4 aromatic rings. The van der Waals surface area contributed by atoms with E-state index in [2.05, 4.69) is 18.2 Å². The van der Waals surface area contributed by atoms with Gasteiger partial charge in [-0.15, -0.1) is 0 Å². The summed E-state index contributed by atoms with van der Waals surface area (Å²) in [5.74, 6) is 1.13. The second-order valence-corrected chi connectivity index (χ2v) is 9.79. The van der Waals surface area contributed by atoms with Gasteiger partial charge in [0.05, 0.1) is 30.5 Å². The van der Waals surface area contributed by atoms with E-state index in [0.29, 0.717) is 20.6 Å². The fourth-order valence-corrected chi connectivity index (χ4v) is 6.06. The monoisotopic (exact) mass is 496 g/mol. The van der Waals surface area contributed by atoms with E-state index in [0.717, 1.165) is 41.0 Å². The molecule has 180 valence electrons. The van der Waals surface area contributed by atoms with E-state index in [4.69, 9.17) is 14.5 Å². The minimum atomic E-state index is -0.267. The number of aryl methyl sites for hydroxylation is 1. The Morgan fingerprint density at radius 1 is 1.00 bits per heavy atom. The average Bonchev–Trinajstić information content (AvgIpc) is 3.23. The molecule has 6 nitrogen and oxygen atoms in total. The highest BCUT2D eigenvalue weighted by Crippen LogP contribution is 2.41. The molecule has 2 aliphatic rings. The maximum absolute atomic E-state index is 13.8. The summed E-state index contributed by atoms with van der Waals surface area (Å²) in [4.78, 5) is 19.5. The number of ether oxygens (including phenoxy) is 2. The lowest BCUT2D eigenvalue weighted by molar-refractivity contribution is 0.373. The number of aromatic hydroxyl groups is 1. The van der Waals surface area contributed by atoms with Crippen molar-refractivity contribution in [3.05, 3.63) is 114 Å². The molecule has 1 aliphatic heterocycles. The quantitative estimate of drug-likeness (QED) is 0.463. The molecule has 2 heterocycles. The van der Waals surface area contributed by atoms with Gasteiger partial charge in [0.1, 0.15) is 5.75 Å². The first-order valence-electron chi connectivity index (χ1n) is 11.7. The lowest BCUT2D eigenvalue weighted by Gasteiger charge is -2.30. The maximum Gasteiger partial charge on any atom is 0.271 e. The van der Waals surface area contributed by atoms with E-state index in [1.165, 1.54) is 24.0 Å². The first-order valence-corrected chi connectivity index (χ1v) is 12.5. The van der Waals surface area contributed by atoms with E-state index < -0.39 is 0 Å². The fraction of sp³-hybridized carbons (Fsp3) is 0.172. The van der Waals surface area contributed by atoms with E-state index in [1.54, 1.807) is 36.0 Å². The normalized spacial score (nSPS) is 16.6. The number of allylic oxidation sites excluding steroid dienone is 1. The summed E-state index contributed by atoms with van der Waals surface area (Å²) < 4.78 is 12.9. The Morgan fingerprint density at radius 3 is 2.58 bits per heavy atom. The molecule has 6 rings (SSSR count). The fourth-order valence-electron chi connectivity index (χ4n) is 5.07. The largest absolute Gasteiger partial charge is 0.504 e. The summed E-state index contributed by atoms with van der Waals surface area (Å²) in [5, 5.41) is 10.6. The molecule has 1 atom stereocenters. The molecular weight excluding hydrogens is 472 g/mol. The van der Waals surface area contributed by atoms with E-state index in [-0.39, 0.29) is 17.4 Å². The third kappa shape index (κ3) is 3.55. The molecule has 1 N–H and O–H groups in total. The van der Waals surface area contributed by atoms with E-state index in [1.807, 2.05) is 30.3 Å². The second-order valence-electron chi connectivity index (χ2n) is 8.78. The summed E-state index contributed by atoms with van der Waals surface area (Å²) in [6, 6.07) is 21.2. The molecule has 0 bridgehead atoms. The number of methoxy groups -OCH3 is 2. The van der Waals surface area contributed by atoms with Gasteiger partial charge in [-0.25, -0.2) is 4.99 Å². The molecule has 0 saturated carbocycles. The Hall–Kier alpha value is -4.10. The molecule has 0 saturated heterocycles. The summed E-state index contributed by atoms with van der Waals surface area (Å²) >= 11 is 1.33. The molecule has 0 amide bonds. The Kier molecular flexibility index (Phi) is 5.49. The summed E-state index contributed by atoms with van der Waals surface area (Å²) in [6.07, 6.45) is 3.44. The second kappa shape index (κ2) is 8.84. The van der Waals surface area contributed by atoms with Gasteiger partial charge < -0.3 is 14.6 Å². The maximum atomic E-state index is 13.8. The van der Waals surface area contributed by atoms with Gasteiger partial charge in [-0.2, -0.15) is 0 Å². The Balaban J connectivity index is 1.61. The summed E-state index contributed by atoms with van der Waals surface area (Å²) in [6.45, 7) is 0. The molecule has 0 spiro atoms. The van der Waals surface area contributed by atoms with Crippen LogP contribution >= 0.6 is 11.3 Å². The van der Waals surface area contributed by atoms with Crippen LogP contribution < -0.4 is 24.4 Å². The number of phenols is 1. The smallest absolute Gasteiger partial charge is 0.271 e.